The van der Waals surface area contributed by atoms with E-state index in [1.165, 1.54) is 6.21 Å². The molecule has 0 bridgehead atoms. The molecule has 0 aliphatic heterocycles. The zero-order valence-corrected chi connectivity index (χ0v) is 18.2. The summed E-state index contributed by atoms with van der Waals surface area (Å²) in [5, 5.41) is 8.78. The fraction of sp³-hybridized carbons (Fsp3) is 0.192. The number of nitrogens with one attached hydrogen (secondary N) is 2. The number of rotatable bonds is 9. The summed E-state index contributed by atoms with van der Waals surface area (Å²) in [5.74, 6) is -0.280. The molecule has 2 N–H and O–H groups in total. The summed E-state index contributed by atoms with van der Waals surface area (Å²) in [6, 6.07) is 22.6. The van der Waals surface area contributed by atoms with Crippen LogP contribution < -0.4 is 15.5 Å². The normalized spacial score (nSPS) is 12.3. The first-order valence-electron chi connectivity index (χ1n) is 10.5. The highest BCUT2D eigenvalue weighted by molar-refractivity contribution is 5.89. The first-order chi connectivity index (χ1) is 15.5. The fourth-order valence-electron chi connectivity index (χ4n) is 3.09. The number of carbonyl (C=O) groups excluding carboxylic acids is 2. The molecule has 3 aromatic rings. The first-order valence-corrected chi connectivity index (χ1v) is 10.5. The standard InChI is InChI=1S/C26H27N3O3/c1-19(2)25(26(31)29-27-16-8-11-20-9-4-3-5-10-20)28-24(30)18-32-23-15-14-21-12-6-7-13-22(21)17-23/h3-17,19,25H,18H2,1-2H3,(H,28,30)(H,29,31)/b11-8-,27-16?/t25-/m0/s1. The summed E-state index contributed by atoms with van der Waals surface area (Å²) < 4.78 is 5.61. The average molecular weight is 430 g/mol. The second kappa shape index (κ2) is 11.5. The lowest BCUT2D eigenvalue weighted by Crippen LogP contribution is -2.49. The summed E-state index contributed by atoms with van der Waals surface area (Å²) in [7, 11) is 0. The summed E-state index contributed by atoms with van der Waals surface area (Å²) in [4.78, 5) is 24.8. The van der Waals surface area contributed by atoms with Crippen LogP contribution in [0, 0.1) is 5.92 Å². The van der Waals surface area contributed by atoms with E-state index in [0.29, 0.717) is 5.75 Å². The molecule has 6 nitrogen and oxygen atoms in total. The molecule has 1 atom stereocenters. The van der Waals surface area contributed by atoms with Gasteiger partial charge in [0.05, 0.1) is 0 Å². The van der Waals surface area contributed by atoms with Crippen LogP contribution >= 0.6 is 0 Å². The van der Waals surface area contributed by atoms with Gasteiger partial charge in [0.2, 0.25) is 0 Å². The smallest absolute Gasteiger partial charge is 0.262 e. The van der Waals surface area contributed by atoms with Gasteiger partial charge in [-0.15, -0.1) is 0 Å². The minimum absolute atomic E-state index is 0.116. The molecule has 0 saturated carbocycles. The van der Waals surface area contributed by atoms with Crippen molar-refractivity contribution in [1.29, 1.82) is 0 Å². The van der Waals surface area contributed by atoms with Crippen molar-refractivity contribution in [1.82, 2.24) is 10.7 Å². The number of carbonyl (C=O) groups is 2. The molecule has 2 amide bonds. The number of ether oxygens (including phenoxy) is 1. The topological polar surface area (TPSA) is 79.8 Å². The van der Waals surface area contributed by atoms with Gasteiger partial charge in [-0.2, -0.15) is 5.10 Å². The van der Waals surface area contributed by atoms with Gasteiger partial charge in [-0.25, -0.2) is 5.43 Å². The van der Waals surface area contributed by atoms with Crippen molar-refractivity contribution in [3.05, 3.63) is 84.4 Å². The monoisotopic (exact) mass is 429 g/mol. The summed E-state index contributed by atoms with van der Waals surface area (Å²) >= 11 is 0. The van der Waals surface area contributed by atoms with Crippen LogP contribution in [0.4, 0.5) is 0 Å². The highest BCUT2D eigenvalue weighted by Gasteiger charge is 2.24. The van der Waals surface area contributed by atoms with Gasteiger partial charge in [-0.1, -0.05) is 80.6 Å². The SMILES string of the molecule is CC(C)[C@H](NC(=O)COc1ccc2ccccc2c1)C(=O)NN=C/C=C\c1ccccc1. The highest BCUT2D eigenvalue weighted by Crippen LogP contribution is 2.20. The van der Waals surface area contributed by atoms with Crippen LogP contribution in [0.25, 0.3) is 16.8 Å². The van der Waals surface area contributed by atoms with Gasteiger partial charge in [0, 0.05) is 6.21 Å². The second-order valence-electron chi connectivity index (χ2n) is 7.61. The largest absolute Gasteiger partial charge is 0.484 e. The van der Waals surface area contributed by atoms with E-state index in [0.717, 1.165) is 16.3 Å². The number of allylic oxidation sites excluding steroid dienone is 1. The Balaban J connectivity index is 1.49. The van der Waals surface area contributed by atoms with Crippen LogP contribution in [0.5, 0.6) is 5.75 Å². The van der Waals surface area contributed by atoms with E-state index in [4.69, 9.17) is 4.74 Å². The molecule has 0 spiro atoms. The summed E-state index contributed by atoms with van der Waals surface area (Å²) in [6.07, 6.45) is 5.10. The fourth-order valence-corrected chi connectivity index (χ4v) is 3.09. The average Bonchev–Trinajstić information content (AvgIpc) is 2.81. The highest BCUT2D eigenvalue weighted by atomic mass is 16.5. The van der Waals surface area contributed by atoms with Crippen molar-refractivity contribution in [2.24, 2.45) is 11.0 Å². The van der Waals surface area contributed by atoms with Gasteiger partial charge in [0.15, 0.2) is 6.61 Å². The molecule has 0 fully saturated rings. The van der Waals surface area contributed by atoms with Gasteiger partial charge >= 0.3 is 0 Å². The van der Waals surface area contributed by atoms with Gasteiger partial charge < -0.3 is 10.1 Å². The number of benzene rings is 3. The van der Waals surface area contributed by atoms with Crippen LogP contribution in [0.15, 0.2) is 84.0 Å². The van der Waals surface area contributed by atoms with E-state index in [1.54, 1.807) is 6.08 Å². The molecule has 6 heteroatoms. The van der Waals surface area contributed by atoms with Crippen molar-refractivity contribution < 1.29 is 14.3 Å². The second-order valence-corrected chi connectivity index (χ2v) is 7.61. The molecule has 0 unspecified atom stereocenters. The molecule has 164 valence electrons. The molecule has 0 heterocycles. The quantitative estimate of drug-likeness (QED) is 0.396. The van der Waals surface area contributed by atoms with Crippen LogP contribution in [0.3, 0.4) is 0 Å². The lowest BCUT2D eigenvalue weighted by molar-refractivity contribution is -0.131. The summed E-state index contributed by atoms with van der Waals surface area (Å²) in [6.45, 7) is 3.53. The Morgan fingerprint density at radius 3 is 2.44 bits per heavy atom. The molecule has 3 rings (SSSR count). The van der Waals surface area contributed by atoms with Crippen LogP contribution in [0.1, 0.15) is 19.4 Å². The Labute approximate surface area is 188 Å². The van der Waals surface area contributed by atoms with E-state index in [9.17, 15) is 9.59 Å². The number of hydrogen-bond acceptors (Lipinski definition) is 4. The predicted octanol–water partition coefficient (Wildman–Crippen LogP) is 4.17. The minimum Gasteiger partial charge on any atom is -0.484 e. The van der Waals surface area contributed by atoms with E-state index in [-0.39, 0.29) is 24.3 Å². The van der Waals surface area contributed by atoms with Crippen LogP contribution in [0.2, 0.25) is 0 Å². The molecule has 0 saturated heterocycles. The Morgan fingerprint density at radius 2 is 1.69 bits per heavy atom. The lowest BCUT2D eigenvalue weighted by atomic mass is 10.0. The van der Waals surface area contributed by atoms with Gasteiger partial charge in [-0.05, 0) is 40.5 Å². The zero-order valence-electron chi connectivity index (χ0n) is 18.2. The maximum atomic E-state index is 12.5. The maximum absolute atomic E-state index is 12.5. The van der Waals surface area contributed by atoms with Crippen molar-refractivity contribution in [3.63, 3.8) is 0 Å². The van der Waals surface area contributed by atoms with Crippen molar-refractivity contribution in [2.75, 3.05) is 6.61 Å². The van der Waals surface area contributed by atoms with E-state index < -0.39 is 6.04 Å². The Bertz CT molecular complexity index is 1110. The third kappa shape index (κ3) is 6.80. The minimum atomic E-state index is -0.724. The molecule has 0 aliphatic carbocycles. The molecule has 32 heavy (non-hydrogen) atoms. The van der Waals surface area contributed by atoms with Crippen LogP contribution in [-0.2, 0) is 9.59 Å². The molecule has 0 radical (unpaired) electrons. The molecular formula is C26H27N3O3. The number of hydrogen-bond donors (Lipinski definition) is 2. The van der Waals surface area contributed by atoms with Crippen molar-refractivity contribution >= 4 is 34.9 Å². The van der Waals surface area contributed by atoms with Gasteiger partial charge in [-0.3, -0.25) is 9.59 Å². The predicted molar refractivity (Wildman–Crippen MR) is 128 cm³/mol. The van der Waals surface area contributed by atoms with Gasteiger partial charge in [0.25, 0.3) is 11.8 Å². The van der Waals surface area contributed by atoms with E-state index in [2.05, 4.69) is 15.8 Å². The van der Waals surface area contributed by atoms with Crippen molar-refractivity contribution in [2.45, 2.75) is 19.9 Å². The Kier molecular flexibility index (Phi) is 8.15. The Morgan fingerprint density at radius 1 is 0.969 bits per heavy atom. The van der Waals surface area contributed by atoms with Crippen LogP contribution in [-0.4, -0.2) is 30.7 Å². The first kappa shape index (κ1) is 22.7. The van der Waals surface area contributed by atoms with E-state index in [1.807, 2.05) is 92.7 Å². The molecular weight excluding hydrogens is 402 g/mol. The number of amides is 2. The molecule has 3 aromatic carbocycles. The lowest BCUT2D eigenvalue weighted by Gasteiger charge is -2.20. The number of hydrazone groups is 1. The zero-order chi connectivity index (χ0) is 22.8. The molecule has 0 aromatic heterocycles. The van der Waals surface area contributed by atoms with E-state index >= 15 is 0 Å². The number of fused-ring (bicyclic) bond motifs is 1. The Hall–Kier alpha value is -3.93. The maximum Gasteiger partial charge on any atom is 0.262 e. The molecule has 0 aliphatic rings. The third-order valence-electron chi connectivity index (χ3n) is 4.78. The van der Waals surface area contributed by atoms with Crippen molar-refractivity contribution in [3.8, 4) is 5.75 Å². The number of nitrogens with zero attached hydrogens (tertiary/aromatic N) is 1. The van der Waals surface area contributed by atoms with Gasteiger partial charge in [0.1, 0.15) is 11.8 Å². The summed E-state index contributed by atoms with van der Waals surface area (Å²) in [5.41, 5.74) is 3.50. The third-order valence-corrected chi connectivity index (χ3v) is 4.78.